The summed E-state index contributed by atoms with van der Waals surface area (Å²) in [6.07, 6.45) is 2.09. The monoisotopic (exact) mass is 181 g/mol. The Kier molecular flexibility index (Phi) is 2.13. The first-order valence-electron chi connectivity index (χ1n) is 3.95. The Morgan fingerprint density at radius 3 is 3.08 bits per heavy atom. The van der Waals surface area contributed by atoms with E-state index in [2.05, 4.69) is 16.6 Å². The molecule has 1 aromatic rings. The molecule has 2 rings (SSSR count). The van der Waals surface area contributed by atoms with Gasteiger partial charge in [-0.25, -0.2) is 0 Å². The number of benzene rings is 1. The minimum Gasteiger partial charge on any atom is -0.489 e. The molecule has 64 valence electrons. The van der Waals surface area contributed by atoms with E-state index >= 15 is 0 Å². The highest BCUT2D eigenvalue weighted by molar-refractivity contribution is 7.99. The van der Waals surface area contributed by atoms with Crippen molar-refractivity contribution >= 4 is 17.6 Å². The number of rotatable bonds is 1. The summed E-state index contributed by atoms with van der Waals surface area (Å²) in [7, 11) is 0. The third-order valence-electron chi connectivity index (χ3n) is 1.91. The van der Waals surface area contributed by atoms with Crippen LogP contribution in [0.25, 0.3) is 0 Å². The van der Waals surface area contributed by atoms with Crippen molar-refractivity contribution in [3.05, 3.63) is 24.3 Å². The van der Waals surface area contributed by atoms with Crippen molar-refractivity contribution in [3.8, 4) is 5.75 Å². The molecule has 0 aliphatic carbocycles. The lowest BCUT2D eigenvalue weighted by atomic mass is 10.2. The third-order valence-corrected chi connectivity index (χ3v) is 2.73. The fraction of sp³-hybridized carbons (Fsp3) is 0.333. The molecule has 0 amide bonds. The van der Waals surface area contributed by atoms with Crippen LogP contribution in [0.2, 0.25) is 0 Å². The Bertz CT molecular complexity index is 277. The first-order chi connectivity index (χ1) is 5.92. The van der Waals surface area contributed by atoms with E-state index in [9.17, 15) is 0 Å². The van der Waals surface area contributed by atoms with Crippen LogP contribution in [0.1, 0.15) is 0 Å². The van der Waals surface area contributed by atoms with Crippen LogP contribution in [0.4, 0.5) is 5.69 Å². The summed E-state index contributed by atoms with van der Waals surface area (Å²) < 4.78 is 7.75. The Balaban J connectivity index is 2.37. The van der Waals surface area contributed by atoms with Crippen molar-refractivity contribution in [3.63, 3.8) is 0 Å². The number of para-hydroxylation sites is 2. The van der Waals surface area contributed by atoms with Gasteiger partial charge in [0.1, 0.15) is 12.4 Å². The van der Waals surface area contributed by atoms with Crippen LogP contribution >= 0.6 is 11.9 Å². The van der Waals surface area contributed by atoms with Crippen molar-refractivity contribution in [2.45, 2.75) is 0 Å². The van der Waals surface area contributed by atoms with E-state index in [0.29, 0.717) is 0 Å². The van der Waals surface area contributed by atoms with Gasteiger partial charge in [0, 0.05) is 6.26 Å². The van der Waals surface area contributed by atoms with Gasteiger partial charge in [0.05, 0.1) is 12.2 Å². The van der Waals surface area contributed by atoms with Crippen LogP contribution in [0, 0.1) is 0 Å². The zero-order valence-corrected chi connectivity index (χ0v) is 7.80. The summed E-state index contributed by atoms with van der Waals surface area (Å²) in [4.78, 5) is 0. The Morgan fingerprint density at radius 1 is 1.42 bits per heavy atom. The minimum absolute atomic E-state index is 0.790. The number of ether oxygens (including phenoxy) is 1. The Labute approximate surface area is 76.7 Å². The van der Waals surface area contributed by atoms with Gasteiger partial charge >= 0.3 is 0 Å². The van der Waals surface area contributed by atoms with Crippen molar-refractivity contribution in [1.82, 2.24) is 0 Å². The molecule has 0 aromatic heterocycles. The predicted octanol–water partition coefficient (Wildman–Crippen LogP) is 2.16. The second-order valence-corrected chi connectivity index (χ2v) is 3.41. The fourth-order valence-electron chi connectivity index (χ4n) is 1.33. The molecule has 0 spiro atoms. The van der Waals surface area contributed by atoms with Gasteiger partial charge < -0.3 is 9.04 Å². The quantitative estimate of drug-likeness (QED) is 0.616. The molecule has 2 nitrogen and oxygen atoms in total. The van der Waals surface area contributed by atoms with Crippen LogP contribution in [-0.4, -0.2) is 19.4 Å². The maximum Gasteiger partial charge on any atom is 0.143 e. The highest BCUT2D eigenvalue weighted by atomic mass is 32.2. The van der Waals surface area contributed by atoms with Crippen LogP contribution in [0.15, 0.2) is 24.3 Å². The number of hydrogen-bond donors (Lipinski definition) is 0. The molecular formula is C9H11NOS. The lowest BCUT2D eigenvalue weighted by molar-refractivity contribution is 0.317. The smallest absolute Gasteiger partial charge is 0.143 e. The number of hydrogen-bond acceptors (Lipinski definition) is 3. The van der Waals surface area contributed by atoms with E-state index in [1.54, 1.807) is 11.9 Å². The molecule has 1 heterocycles. The van der Waals surface area contributed by atoms with Crippen LogP contribution < -0.4 is 9.04 Å². The first-order valence-corrected chi connectivity index (χ1v) is 5.13. The Hall–Kier alpha value is -0.830. The topological polar surface area (TPSA) is 12.5 Å². The van der Waals surface area contributed by atoms with E-state index < -0.39 is 0 Å². The molecule has 0 bridgehead atoms. The SMILES string of the molecule is CSN1CCOc2ccccc21. The van der Waals surface area contributed by atoms with Crippen molar-refractivity contribution in [1.29, 1.82) is 0 Å². The lowest BCUT2D eigenvalue weighted by Gasteiger charge is -2.28. The van der Waals surface area contributed by atoms with E-state index in [1.807, 2.05) is 18.2 Å². The lowest BCUT2D eigenvalue weighted by Crippen LogP contribution is -2.26. The van der Waals surface area contributed by atoms with Crippen LogP contribution in [0.3, 0.4) is 0 Å². The molecule has 0 fully saturated rings. The number of anilines is 1. The summed E-state index contributed by atoms with van der Waals surface area (Å²) in [6, 6.07) is 8.14. The number of fused-ring (bicyclic) bond motifs is 1. The van der Waals surface area contributed by atoms with E-state index in [1.165, 1.54) is 5.69 Å². The fourth-order valence-corrected chi connectivity index (χ4v) is 1.94. The highest BCUT2D eigenvalue weighted by Crippen LogP contribution is 2.33. The summed E-state index contributed by atoms with van der Waals surface area (Å²) in [5.74, 6) is 0.998. The average Bonchev–Trinajstić information content (AvgIpc) is 2.17. The van der Waals surface area contributed by atoms with Crippen LogP contribution in [0.5, 0.6) is 5.75 Å². The molecule has 0 N–H and O–H groups in total. The third kappa shape index (κ3) is 1.25. The zero-order chi connectivity index (χ0) is 8.39. The van der Waals surface area contributed by atoms with Gasteiger partial charge in [-0.15, -0.1) is 0 Å². The molecular weight excluding hydrogens is 170 g/mol. The molecule has 0 saturated carbocycles. The minimum atomic E-state index is 0.790. The van der Waals surface area contributed by atoms with E-state index in [0.717, 1.165) is 18.9 Å². The van der Waals surface area contributed by atoms with Gasteiger partial charge in [-0.05, 0) is 12.1 Å². The maximum atomic E-state index is 5.50. The van der Waals surface area contributed by atoms with Crippen molar-refractivity contribution < 1.29 is 4.74 Å². The molecule has 3 heteroatoms. The first kappa shape index (κ1) is 7.80. The maximum absolute atomic E-state index is 5.50. The molecule has 1 aliphatic heterocycles. The summed E-state index contributed by atoms with van der Waals surface area (Å²) in [5.41, 5.74) is 1.19. The van der Waals surface area contributed by atoms with Gasteiger partial charge in [-0.3, -0.25) is 0 Å². The average molecular weight is 181 g/mol. The molecule has 0 unspecified atom stereocenters. The highest BCUT2D eigenvalue weighted by Gasteiger charge is 2.15. The molecule has 0 saturated heterocycles. The second-order valence-electron chi connectivity index (χ2n) is 2.60. The molecule has 1 aliphatic rings. The van der Waals surface area contributed by atoms with Gasteiger partial charge in [-0.2, -0.15) is 0 Å². The standard InChI is InChI=1S/C9H11NOS/c1-12-10-6-7-11-9-5-3-2-4-8(9)10/h2-5H,6-7H2,1H3. The Morgan fingerprint density at radius 2 is 2.25 bits per heavy atom. The summed E-state index contributed by atoms with van der Waals surface area (Å²) in [6.45, 7) is 1.76. The van der Waals surface area contributed by atoms with Gasteiger partial charge in [-0.1, -0.05) is 24.1 Å². The molecule has 0 radical (unpaired) electrons. The molecule has 12 heavy (non-hydrogen) atoms. The second kappa shape index (κ2) is 3.27. The van der Waals surface area contributed by atoms with Gasteiger partial charge in [0.25, 0.3) is 0 Å². The van der Waals surface area contributed by atoms with E-state index in [4.69, 9.17) is 4.74 Å². The summed E-state index contributed by atoms with van der Waals surface area (Å²) in [5, 5.41) is 0. The van der Waals surface area contributed by atoms with Gasteiger partial charge in [0.2, 0.25) is 0 Å². The largest absolute Gasteiger partial charge is 0.489 e. The number of nitrogens with zero attached hydrogens (tertiary/aromatic N) is 1. The van der Waals surface area contributed by atoms with Crippen molar-refractivity contribution in [2.24, 2.45) is 0 Å². The summed E-state index contributed by atoms with van der Waals surface area (Å²) >= 11 is 1.74. The molecule has 1 aromatic carbocycles. The predicted molar refractivity (Wildman–Crippen MR) is 52.8 cm³/mol. The molecule has 0 atom stereocenters. The van der Waals surface area contributed by atoms with Gasteiger partial charge in [0.15, 0.2) is 0 Å². The normalized spacial score (nSPS) is 15.2. The van der Waals surface area contributed by atoms with E-state index in [-0.39, 0.29) is 0 Å². The zero-order valence-electron chi connectivity index (χ0n) is 6.99. The van der Waals surface area contributed by atoms with Crippen molar-refractivity contribution in [2.75, 3.05) is 23.7 Å². The van der Waals surface area contributed by atoms with Crippen LogP contribution in [-0.2, 0) is 0 Å².